The smallest absolute Gasteiger partial charge is 0.230 e. The van der Waals surface area contributed by atoms with Gasteiger partial charge in [-0.2, -0.15) is 0 Å². The summed E-state index contributed by atoms with van der Waals surface area (Å²) in [5, 5.41) is 8.73. The minimum Gasteiger partial charge on any atom is -0.497 e. The highest BCUT2D eigenvalue weighted by atomic mass is 79.9. The summed E-state index contributed by atoms with van der Waals surface area (Å²) >= 11 is 3.73. The molecule has 0 N–H and O–H groups in total. The van der Waals surface area contributed by atoms with Crippen LogP contribution in [0.4, 0.5) is 5.69 Å². The van der Waals surface area contributed by atoms with E-state index >= 15 is 0 Å². The predicted octanol–water partition coefficient (Wildman–Crippen LogP) is 6.47. The third-order valence-electron chi connectivity index (χ3n) is 7.78. The number of methoxy groups -OCH3 is 1. The molecule has 8 heteroatoms. The molecule has 0 bridgehead atoms. The Hall–Kier alpha value is -3.49. The van der Waals surface area contributed by atoms with Crippen LogP contribution in [0.15, 0.2) is 83.5 Å². The first-order valence-electron chi connectivity index (χ1n) is 13.7. The van der Waals surface area contributed by atoms with Crippen LogP contribution in [-0.4, -0.2) is 39.0 Å². The molecule has 5 rings (SSSR count). The highest BCUT2D eigenvalue weighted by Gasteiger charge is 2.40. The van der Waals surface area contributed by atoms with Gasteiger partial charge in [-0.05, 0) is 83.6 Å². The number of carbonyl (C=O) groups excluding carboxylic acids is 1. The van der Waals surface area contributed by atoms with E-state index in [9.17, 15) is 4.79 Å². The molecule has 1 aliphatic heterocycles. The lowest BCUT2D eigenvalue weighted by Crippen LogP contribution is -2.47. The van der Waals surface area contributed by atoms with E-state index in [0.717, 1.165) is 45.7 Å². The van der Waals surface area contributed by atoms with Gasteiger partial charge in [0.25, 0.3) is 0 Å². The van der Waals surface area contributed by atoms with Crippen LogP contribution >= 0.6 is 15.9 Å². The number of benzene rings is 3. The van der Waals surface area contributed by atoms with Crippen LogP contribution in [0, 0.1) is 12.8 Å². The van der Waals surface area contributed by atoms with E-state index in [2.05, 4.69) is 81.4 Å². The molecule has 1 amide bonds. The van der Waals surface area contributed by atoms with Gasteiger partial charge in [0.1, 0.15) is 5.75 Å². The molecule has 3 atom stereocenters. The van der Waals surface area contributed by atoms with Gasteiger partial charge in [0.15, 0.2) is 0 Å². The molecule has 0 saturated carbocycles. The predicted molar refractivity (Wildman–Crippen MR) is 161 cm³/mol. The van der Waals surface area contributed by atoms with E-state index < -0.39 is 0 Å². The maximum atomic E-state index is 14.5. The quantitative estimate of drug-likeness (QED) is 0.231. The second-order valence-electron chi connectivity index (χ2n) is 10.7. The summed E-state index contributed by atoms with van der Waals surface area (Å²) in [5.41, 5.74) is 5.19. The van der Waals surface area contributed by atoms with Crippen LogP contribution in [0.2, 0.25) is 0 Å². The van der Waals surface area contributed by atoms with Crippen molar-refractivity contribution in [2.45, 2.75) is 51.9 Å². The van der Waals surface area contributed by atoms with Crippen molar-refractivity contribution in [3.8, 4) is 5.75 Å². The molecule has 4 aromatic rings. The van der Waals surface area contributed by atoms with Gasteiger partial charge in [-0.25, -0.2) is 0 Å². The zero-order valence-electron chi connectivity index (χ0n) is 23.5. The highest BCUT2D eigenvalue weighted by Crippen LogP contribution is 2.40. The molecular formula is C32H36BrN5O2. The molecule has 0 aliphatic carbocycles. The van der Waals surface area contributed by atoms with Crippen molar-refractivity contribution in [3.05, 3.63) is 106 Å². The minimum absolute atomic E-state index is 0.0182. The van der Waals surface area contributed by atoms with Gasteiger partial charge in [-0.1, -0.05) is 53.7 Å². The fraction of sp³-hybridized carbons (Fsp3) is 0.344. The van der Waals surface area contributed by atoms with Crippen LogP contribution in [0.1, 0.15) is 48.2 Å². The zero-order chi connectivity index (χ0) is 28.2. The maximum absolute atomic E-state index is 14.5. The van der Waals surface area contributed by atoms with E-state index in [1.165, 1.54) is 5.56 Å². The van der Waals surface area contributed by atoms with Crippen molar-refractivity contribution in [2.75, 3.05) is 12.0 Å². The van der Waals surface area contributed by atoms with E-state index in [1.807, 2.05) is 54.5 Å². The first-order valence-corrected chi connectivity index (χ1v) is 14.5. The summed E-state index contributed by atoms with van der Waals surface area (Å²) in [6.07, 6.45) is 3.43. The van der Waals surface area contributed by atoms with Crippen molar-refractivity contribution >= 4 is 27.5 Å². The number of anilines is 1. The van der Waals surface area contributed by atoms with Crippen molar-refractivity contribution in [3.63, 3.8) is 0 Å². The number of piperidine rings is 1. The van der Waals surface area contributed by atoms with E-state index in [4.69, 9.17) is 4.74 Å². The number of aryl methyl sites for hydroxylation is 2. The lowest BCUT2D eigenvalue weighted by atomic mass is 9.83. The molecule has 1 aliphatic rings. The summed E-state index contributed by atoms with van der Waals surface area (Å²) in [7, 11) is 3.55. The Morgan fingerprint density at radius 1 is 1.05 bits per heavy atom. The Labute approximate surface area is 244 Å². The van der Waals surface area contributed by atoms with Crippen LogP contribution in [0.25, 0.3) is 0 Å². The third kappa shape index (κ3) is 6.29. The second-order valence-corrected chi connectivity index (χ2v) is 11.6. The average Bonchev–Trinajstić information content (AvgIpc) is 3.40. The van der Waals surface area contributed by atoms with Crippen LogP contribution in [0.5, 0.6) is 5.75 Å². The summed E-state index contributed by atoms with van der Waals surface area (Å²) in [6, 6.07) is 24.8. The van der Waals surface area contributed by atoms with Gasteiger partial charge in [0.05, 0.1) is 31.1 Å². The number of hydrogen-bond acceptors (Lipinski definition) is 5. The molecule has 0 spiro atoms. The largest absolute Gasteiger partial charge is 0.497 e. The van der Waals surface area contributed by atoms with E-state index in [1.54, 1.807) is 11.8 Å². The molecule has 40 heavy (non-hydrogen) atoms. The number of ether oxygens (including phenoxy) is 1. The molecule has 2 heterocycles. The molecule has 1 unspecified atom stereocenters. The van der Waals surface area contributed by atoms with Crippen LogP contribution in [0.3, 0.4) is 0 Å². The lowest BCUT2D eigenvalue weighted by Gasteiger charge is -2.44. The zero-order valence-corrected chi connectivity index (χ0v) is 25.1. The highest BCUT2D eigenvalue weighted by molar-refractivity contribution is 9.10. The minimum atomic E-state index is -0.167. The van der Waals surface area contributed by atoms with Crippen LogP contribution in [-0.2, 0) is 24.9 Å². The second kappa shape index (κ2) is 12.4. The van der Waals surface area contributed by atoms with Gasteiger partial charge in [0.2, 0.25) is 5.91 Å². The summed E-state index contributed by atoms with van der Waals surface area (Å²) < 4.78 is 8.00. The fourth-order valence-electron chi connectivity index (χ4n) is 5.67. The normalized spacial score (nSPS) is 19.4. The van der Waals surface area contributed by atoms with Crippen molar-refractivity contribution < 1.29 is 9.53 Å². The number of halogens is 1. The summed E-state index contributed by atoms with van der Waals surface area (Å²) in [5.74, 6) is 0.756. The molecule has 1 saturated heterocycles. The van der Waals surface area contributed by atoms with E-state index in [-0.39, 0.29) is 23.9 Å². The van der Waals surface area contributed by atoms with Gasteiger partial charge in [-0.3, -0.25) is 14.4 Å². The number of hydrogen-bond donors (Lipinski definition) is 0. The number of aromatic nitrogens is 3. The number of likely N-dealkylation sites (tertiary alicyclic amines) is 1. The Balaban J connectivity index is 1.47. The van der Waals surface area contributed by atoms with Gasteiger partial charge in [-0.15, -0.1) is 5.10 Å². The first-order chi connectivity index (χ1) is 19.3. The number of amides is 1. The average molecular weight is 603 g/mol. The number of carbonyl (C=O) groups is 1. The Kier molecular flexibility index (Phi) is 8.66. The maximum Gasteiger partial charge on any atom is 0.230 e. The molecule has 208 valence electrons. The molecular weight excluding hydrogens is 566 g/mol. The fourth-order valence-corrected chi connectivity index (χ4v) is 6.13. The molecule has 3 aromatic carbocycles. The molecule has 7 nitrogen and oxygen atoms in total. The SMILES string of the molecule is COc1ccc(CN(C(=O)C2C[C@H](C)N(Cc3ccccc3)[C@H](c3cn(C)nn3)C2)c2cc(C)ccc2Br)cc1. The number of nitrogens with zero attached hydrogens (tertiary/aromatic N) is 5. The lowest BCUT2D eigenvalue weighted by molar-refractivity contribution is -0.126. The Morgan fingerprint density at radius 3 is 2.48 bits per heavy atom. The van der Waals surface area contributed by atoms with Crippen molar-refractivity contribution in [2.24, 2.45) is 13.0 Å². The molecule has 1 fully saturated rings. The van der Waals surface area contributed by atoms with Crippen LogP contribution < -0.4 is 9.64 Å². The van der Waals surface area contributed by atoms with Gasteiger partial charge < -0.3 is 9.64 Å². The Morgan fingerprint density at radius 2 is 1.80 bits per heavy atom. The number of rotatable bonds is 8. The van der Waals surface area contributed by atoms with Crippen molar-refractivity contribution in [1.29, 1.82) is 0 Å². The van der Waals surface area contributed by atoms with Gasteiger partial charge in [0, 0.05) is 36.2 Å². The van der Waals surface area contributed by atoms with Crippen molar-refractivity contribution in [1.82, 2.24) is 19.9 Å². The standard InChI is InChI=1S/C32H36BrN5O2/c1-22-10-15-28(33)30(16-22)38(20-25-11-13-27(40-4)14-12-25)32(39)26-17-23(2)37(19-24-8-6-5-7-9-24)31(18-26)29-21-36(3)35-34-29/h5-16,21,23,26,31H,17-20H2,1-4H3/t23-,26?,31-/m0/s1. The summed E-state index contributed by atoms with van der Waals surface area (Å²) in [6.45, 7) is 5.55. The van der Waals surface area contributed by atoms with Gasteiger partial charge >= 0.3 is 0 Å². The Bertz CT molecular complexity index is 1440. The third-order valence-corrected chi connectivity index (χ3v) is 8.45. The summed E-state index contributed by atoms with van der Waals surface area (Å²) in [4.78, 5) is 18.9. The topological polar surface area (TPSA) is 63.5 Å². The van der Waals surface area contributed by atoms with E-state index in [0.29, 0.717) is 13.0 Å². The molecule has 1 aromatic heterocycles. The first kappa shape index (κ1) is 28.1. The molecule has 0 radical (unpaired) electrons. The monoisotopic (exact) mass is 601 g/mol.